The minimum absolute atomic E-state index is 0.395. The summed E-state index contributed by atoms with van der Waals surface area (Å²) in [7, 11) is 3.00. The summed E-state index contributed by atoms with van der Waals surface area (Å²) < 4.78 is 10.1. The Hall–Kier alpha value is -3.02. The number of hydrogen-bond donors (Lipinski definition) is 2. The van der Waals surface area contributed by atoms with Crippen molar-refractivity contribution in [3.05, 3.63) is 59.7 Å². The van der Waals surface area contributed by atoms with Gasteiger partial charge in [0.05, 0.1) is 26.1 Å². The minimum atomic E-state index is -1.22. The van der Waals surface area contributed by atoms with Crippen molar-refractivity contribution in [2.45, 2.75) is 11.8 Å². The van der Waals surface area contributed by atoms with E-state index >= 15 is 0 Å². The highest BCUT2D eigenvalue weighted by atomic mass is 16.5. The largest absolute Gasteiger partial charge is 0.497 e. The highest BCUT2D eigenvalue weighted by Crippen LogP contribution is 2.35. The van der Waals surface area contributed by atoms with Crippen LogP contribution in [0.5, 0.6) is 11.5 Å². The molecule has 126 valence electrons. The van der Waals surface area contributed by atoms with Gasteiger partial charge in [-0.3, -0.25) is 9.59 Å². The van der Waals surface area contributed by atoms with Crippen LogP contribution in [-0.4, -0.2) is 36.4 Å². The van der Waals surface area contributed by atoms with Crippen molar-refractivity contribution in [3.63, 3.8) is 0 Å². The normalized spacial score (nSPS) is 12.9. The molecule has 6 heteroatoms. The van der Waals surface area contributed by atoms with Crippen LogP contribution in [0.25, 0.3) is 0 Å². The molecule has 0 bridgehead atoms. The van der Waals surface area contributed by atoms with E-state index in [1.807, 2.05) is 0 Å². The van der Waals surface area contributed by atoms with Gasteiger partial charge in [0.2, 0.25) is 0 Å². The highest BCUT2D eigenvalue weighted by Gasteiger charge is 2.36. The van der Waals surface area contributed by atoms with Gasteiger partial charge in [0.15, 0.2) is 0 Å². The Bertz CT molecular complexity index is 642. The van der Waals surface area contributed by atoms with Gasteiger partial charge in [0.1, 0.15) is 11.5 Å². The number of carbonyl (C=O) groups is 2. The maximum Gasteiger partial charge on any atom is 0.312 e. The molecule has 0 radical (unpaired) electrons. The van der Waals surface area contributed by atoms with E-state index in [1.54, 1.807) is 48.5 Å². The first kappa shape index (κ1) is 17.3. The van der Waals surface area contributed by atoms with E-state index in [4.69, 9.17) is 9.47 Å². The molecular formula is C18H18O6. The van der Waals surface area contributed by atoms with E-state index in [1.165, 1.54) is 14.2 Å². The number of ether oxygens (including phenoxy) is 2. The van der Waals surface area contributed by atoms with Crippen molar-refractivity contribution in [2.75, 3.05) is 14.2 Å². The minimum Gasteiger partial charge on any atom is -0.497 e. The molecule has 0 aliphatic rings. The molecule has 0 aliphatic heterocycles. The van der Waals surface area contributed by atoms with Crippen molar-refractivity contribution >= 4 is 11.9 Å². The molecule has 2 N–H and O–H groups in total. The fourth-order valence-electron chi connectivity index (χ4n) is 2.58. The second kappa shape index (κ2) is 7.50. The molecule has 0 aliphatic carbocycles. The molecule has 6 nitrogen and oxygen atoms in total. The van der Waals surface area contributed by atoms with E-state index in [9.17, 15) is 19.8 Å². The smallest absolute Gasteiger partial charge is 0.312 e. The average Bonchev–Trinajstić information content (AvgIpc) is 2.59. The molecule has 2 aromatic rings. The summed E-state index contributed by atoms with van der Waals surface area (Å²) in [4.78, 5) is 23.6. The second-order valence-electron chi connectivity index (χ2n) is 5.18. The second-order valence-corrected chi connectivity index (χ2v) is 5.18. The van der Waals surface area contributed by atoms with E-state index < -0.39 is 23.8 Å². The molecule has 0 fully saturated rings. The van der Waals surface area contributed by atoms with Gasteiger partial charge >= 0.3 is 11.9 Å². The van der Waals surface area contributed by atoms with E-state index in [-0.39, 0.29) is 0 Å². The average molecular weight is 330 g/mol. The SMILES string of the molecule is COc1ccc([C@@H](C(=O)O)[C@H](C(=O)O)c2ccc(OC)cc2)cc1. The van der Waals surface area contributed by atoms with Crippen molar-refractivity contribution in [3.8, 4) is 11.5 Å². The zero-order valence-electron chi connectivity index (χ0n) is 13.3. The third-order valence-corrected chi connectivity index (χ3v) is 3.82. The van der Waals surface area contributed by atoms with Gasteiger partial charge in [-0.25, -0.2) is 0 Å². The van der Waals surface area contributed by atoms with Crippen LogP contribution in [0.2, 0.25) is 0 Å². The number of methoxy groups -OCH3 is 2. The molecule has 0 saturated heterocycles. The molecule has 2 aromatic carbocycles. The summed E-state index contributed by atoms with van der Waals surface area (Å²) in [6.07, 6.45) is 0. The van der Waals surface area contributed by atoms with Crippen molar-refractivity contribution in [1.29, 1.82) is 0 Å². The summed E-state index contributed by atoms with van der Waals surface area (Å²) >= 11 is 0. The number of rotatable bonds is 7. The van der Waals surface area contributed by atoms with Crippen LogP contribution in [0.3, 0.4) is 0 Å². The van der Waals surface area contributed by atoms with Crippen LogP contribution < -0.4 is 9.47 Å². The fourth-order valence-corrected chi connectivity index (χ4v) is 2.58. The summed E-state index contributed by atoms with van der Waals surface area (Å²) in [6, 6.07) is 12.7. The fraction of sp³-hybridized carbons (Fsp3) is 0.222. The molecule has 0 amide bonds. The molecule has 2 rings (SSSR count). The Labute approximate surface area is 139 Å². The number of aliphatic carboxylic acids is 2. The number of benzene rings is 2. The lowest BCUT2D eigenvalue weighted by Gasteiger charge is -2.21. The molecular weight excluding hydrogens is 312 g/mol. The van der Waals surface area contributed by atoms with E-state index in [0.717, 1.165) is 0 Å². The lowest BCUT2D eigenvalue weighted by molar-refractivity contribution is -0.147. The number of carboxylic acid groups (broad SMARTS) is 2. The first-order valence-corrected chi connectivity index (χ1v) is 7.21. The zero-order chi connectivity index (χ0) is 17.7. The Morgan fingerprint density at radius 3 is 1.21 bits per heavy atom. The molecule has 0 heterocycles. The van der Waals surface area contributed by atoms with Gasteiger partial charge in [0.25, 0.3) is 0 Å². The summed E-state index contributed by atoms with van der Waals surface area (Å²) in [5.41, 5.74) is 0.790. The quantitative estimate of drug-likeness (QED) is 0.811. The van der Waals surface area contributed by atoms with Crippen LogP contribution in [-0.2, 0) is 9.59 Å². The van der Waals surface area contributed by atoms with Crippen molar-refractivity contribution in [1.82, 2.24) is 0 Å². The lowest BCUT2D eigenvalue weighted by Crippen LogP contribution is -2.26. The molecule has 0 saturated carbocycles. The van der Waals surface area contributed by atoms with Gasteiger partial charge in [-0.1, -0.05) is 24.3 Å². The van der Waals surface area contributed by atoms with Crippen molar-refractivity contribution < 1.29 is 29.3 Å². The molecule has 0 aromatic heterocycles. The third kappa shape index (κ3) is 3.65. The van der Waals surface area contributed by atoms with Gasteiger partial charge in [0, 0.05) is 0 Å². The van der Waals surface area contributed by atoms with Crippen molar-refractivity contribution in [2.24, 2.45) is 0 Å². The number of hydrogen-bond acceptors (Lipinski definition) is 4. The molecule has 24 heavy (non-hydrogen) atoms. The Morgan fingerprint density at radius 1 is 0.708 bits per heavy atom. The number of carboxylic acids is 2. The maximum atomic E-state index is 11.8. The van der Waals surface area contributed by atoms with Gasteiger partial charge < -0.3 is 19.7 Å². The first-order chi connectivity index (χ1) is 11.5. The highest BCUT2D eigenvalue weighted by molar-refractivity contribution is 5.88. The van der Waals surface area contributed by atoms with Crippen LogP contribution in [0, 0.1) is 0 Å². The predicted molar refractivity (Wildman–Crippen MR) is 86.7 cm³/mol. The van der Waals surface area contributed by atoms with Crippen LogP contribution in [0.1, 0.15) is 23.0 Å². The van der Waals surface area contributed by atoms with Gasteiger partial charge in [-0.05, 0) is 35.4 Å². The maximum absolute atomic E-state index is 11.8. The lowest BCUT2D eigenvalue weighted by atomic mass is 9.81. The molecule has 2 atom stereocenters. The Kier molecular flexibility index (Phi) is 5.42. The first-order valence-electron chi connectivity index (χ1n) is 7.21. The summed E-state index contributed by atoms with van der Waals surface area (Å²) in [6.45, 7) is 0. The monoisotopic (exact) mass is 330 g/mol. The van der Waals surface area contributed by atoms with Gasteiger partial charge in [-0.2, -0.15) is 0 Å². The van der Waals surface area contributed by atoms with Crippen LogP contribution >= 0.6 is 0 Å². The van der Waals surface area contributed by atoms with Crippen LogP contribution in [0.15, 0.2) is 48.5 Å². The molecule has 0 unspecified atom stereocenters. The zero-order valence-corrected chi connectivity index (χ0v) is 13.3. The summed E-state index contributed by atoms with van der Waals surface area (Å²) in [5, 5.41) is 19.2. The molecule has 0 spiro atoms. The topological polar surface area (TPSA) is 93.1 Å². The predicted octanol–water partition coefficient (Wildman–Crippen LogP) is 2.74. The Morgan fingerprint density at radius 2 is 1.00 bits per heavy atom. The van der Waals surface area contributed by atoms with Gasteiger partial charge in [-0.15, -0.1) is 0 Å². The third-order valence-electron chi connectivity index (χ3n) is 3.82. The van der Waals surface area contributed by atoms with E-state index in [0.29, 0.717) is 22.6 Å². The summed E-state index contributed by atoms with van der Waals surface area (Å²) in [5.74, 6) is -3.71. The van der Waals surface area contributed by atoms with Crippen LogP contribution in [0.4, 0.5) is 0 Å². The van der Waals surface area contributed by atoms with E-state index in [2.05, 4.69) is 0 Å². The standard InChI is InChI=1S/C18H18O6/c1-23-13-7-3-11(4-8-13)15(17(19)20)16(18(21)22)12-5-9-14(24-2)10-6-12/h3-10,15-16H,1-2H3,(H,19,20)(H,21,22)/t15-,16-/m1/s1. The Balaban J connectivity index is 2.46.